The molecule has 4 rings (SSSR count). The van der Waals surface area contributed by atoms with Crippen molar-refractivity contribution in [3.8, 4) is 5.75 Å². The SMILES string of the molecule is O=C(Nc1ccc(OC(F)F)c(Cl)c1)C1[C@H]2CC[C@H]1c1c[nH]c(=O)cc1C2. The molecule has 1 fully saturated rings. The van der Waals surface area contributed by atoms with Gasteiger partial charge in [0.2, 0.25) is 11.5 Å². The molecule has 2 bridgehead atoms. The van der Waals surface area contributed by atoms with Crippen molar-refractivity contribution in [3.05, 3.63) is 57.0 Å². The Labute approximate surface area is 158 Å². The van der Waals surface area contributed by atoms with E-state index in [9.17, 15) is 18.4 Å². The van der Waals surface area contributed by atoms with Crippen LogP contribution in [0.3, 0.4) is 0 Å². The summed E-state index contributed by atoms with van der Waals surface area (Å²) in [6.07, 6.45) is 4.24. The quantitative estimate of drug-likeness (QED) is 0.825. The number of ether oxygens (including phenoxy) is 1. The lowest BCUT2D eigenvalue weighted by molar-refractivity contribution is -0.121. The van der Waals surface area contributed by atoms with Crippen LogP contribution in [0, 0.1) is 11.8 Å². The zero-order valence-corrected chi connectivity index (χ0v) is 14.9. The zero-order valence-electron chi connectivity index (χ0n) is 14.2. The molecular formula is C19H17ClF2N2O3. The fourth-order valence-corrected chi connectivity index (χ4v) is 4.61. The van der Waals surface area contributed by atoms with Crippen molar-refractivity contribution in [2.75, 3.05) is 5.32 Å². The third-order valence-electron chi connectivity index (χ3n) is 5.44. The van der Waals surface area contributed by atoms with Crippen LogP contribution >= 0.6 is 11.6 Å². The summed E-state index contributed by atoms with van der Waals surface area (Å²) in [5, 5.41) is 2.84. The molecule has 1 amide bonds. The summed E-state index contributed by atoms with van der Waals surface area (Å²) in [7, 11) is 0. The summed E-state index contributed by atoms with van der Waals surface area (Å²) < 4.78 is 28.9. The van der Waals surface area contributed by atoms with Crippen molar-refractivity contribution < 1.29 is 18.3 Å². The van der Waals surface area contributed by atoms with Crippen molar-refractivity contribution in [1.29, 1.82) is 0 Å². The van der Waals surface area contributed by atoms with Crippen LogP contribution in [0.1, 0.15) is 29.9 Å². The highest BCUT2D eigenvalue weighted by atomic mass is 35.5. The topological polar surface area (TPSA) is 71.2 Å². The number of nitrogens with one attached hydrogen (secondary N) is 2. The van der Waals surface area contributed by atoms with Crippen LogP contribution in [0.25, 0.3) is 0 Å². The molecule has 3 atom stereocenters. The minimum atomic E-state index is -2.97. The minimum absolute atomic E-state index is 0.00244. The average Bonchev–Trinajstić information content (AvgIpc) is 2.92. The van der Waals surface area contributed by atoms with E-state index < -0.39 is 6.61 Å². The Hall–Kier alpha value is -2.41. The van der Waals surface area contributed by atoms with Gasteiger partial charge in [0.1, 0.15) is 5.75 Å². The van der Waals surface area contributed by atoms with E-state index in [0.29, 0.717) is 12.1 Å². The Morgan fingerprint density at radius 2 is 2.11 bits per heavy atom. The van der Waals surface area contributed by atoms with Crippen LogP contribution in [0.15, 0.2) is 35.3 Å². The minimum Gasteiger partial charge on any atom is -0.433 e. The van der Waals surface area contributed by atoms with Gasteiger partial charge in [-0.05, 0) is 60.4 Å². The van der Waals surface area contributed by atoms with Gasteiger partial charge in [0.15, 0.2) is 0 Å². The number of halogens is 3. The lowest BCUT2D eigenvalue weighted by Crippen LogP contribution is -2.34. The largest absolute Gasteiger partial charge is 0.433 e. The Kier molecular flexibility index (Phi) is 4.63. The van der Waals surface area contributed by atoms with Gasteiger partial charge in [-0.1, -0.05) is 11.6 Å². The summed E-state index contributed by atoms with van der Waals surface area (Å²) in [5.41, 5.74) is 2.35. The van der Waals surface area contributed by atoms with Crippen LogP contribution < -0.4 is 15.6 Å². The summed E-state index contributed by atoms with van der Waals surface area (Å²) in [6.45, 7) is -2.97. The molecule has 0 radical (unpaired) electrons. The number of rotatable bonds is 4. The van der Waals surface area contributed by atoms with Crippen molar-refractivity contribution in [2.45, 2.75) is 31.8 Å². The van der Waals surface area contributed by atoms with E-state index in [2.05, 4.69) is 15.0 Å². The van der Waals surface area contributed by atoms with E-state index in [1.807, 2.05) is 0 Å². The van der Waals surface area contributed by atoms with Crippen molar-refractivity contribution >= 4 is 23.2 Å². The first-order valence-electron chi connectivity index (χ1n) is 8.69. The molecule has 5 nitrogen and oxygen atoms in total. The van der Waals surface area contributed by atoms with Crippen molar-refractivity contribution in [3.63, 3.8) is 0 Å². The highest BCUT2D eigenvalue weighted by molar-refractivity contribution is 6.32. The summed E-state index contributed by atoms with van der Waals surface area (Å²) in [4.78, 5) is 27.2. The summed E-state index contributed by atoms with van der Waals surface area (Å²) in [5.74, 6) is -0.217. The van der Waals surface area contributed by atoms with Crippen LogP contribution in [-0.2, 0) is 11.2 Å². The molecule has 2 N–H and O–H groups in total. The normalized spacial score (nSPS) is 23.2. The Balaban J connectivity index is 1.53. The Morgan fingerprint density at radius 1 is 1.30 bits per heavy atom. The lowest BCUT2D eigenvalue weighted by atomic mass is 9.75. The predicted octanol–water partition coefficient (Wildman–Crippen LogP) is 3.93. The fourth-order valence-electron chi connectivity index (χ4n) is 4.38. The molecule has 1 unspecified atom stereocenters. The fraction of sp³-hybridized carbons (Fsp3) is 0.368. The van der Waals surface area contributed by atoms with Gasteiger partial charge in [0.25, 0.3) is 0 Å². The standard InChI is InChI=1S/C19H17ClF2N2O3/c20-14-7-11(2-4-15(14)27-19(21)22)24-18(26)17-9-1-3-12(17)13-8-23-16(25)6-10(13)5-9/h2,4,6-9,12,17,19H,1,3,5H2,(H,23,25)(H,24,26)/t9-,12-,17?/m0/s1. The first-order chi connectivity index (χ1) is 12.9. The number of fused-ring (bicyclic) bond motifs is 4. The molecule has 0 spiro atoms. The van der Waals surface area contributed by atoms with Gasteiger partial charge in [-0.2, -0.15) is 8.78 Å². The number of hydrogen-bond acceptors (Lipinski definition) is 3. The molecule has 2 aliphatic carbocycles. The molecule has 0 saturated heterocycles. The molecule has 27 heavy (non-hydrogen) atoms. The number of H-pyrrole nitrogens is 1. The molecular weight excluding hydrogens is 378 g/mol. The third-order valence-corrected chi connectivity index (χ3v) is 5.73. The van der Waals surface area contributed by atoms with Gasteiger partial charge >= 0.3 is 6.61 Å². The number of hydrogen-bond donors (Lipinski definition) is 2. The molecule has 1 saturated carbocycles. The van der Waals surface area contributed by atoms with Crippen LogP contribution in [-0.4, -0.2) is 17.5 Å². The first kappa shape index (κ1) is 18.0. The van der Waals surface area contributed by atoms with Crippen molar-refractivity contribution in [2.24, 2.45) is 11.8 Å². The van der Waals surface area contributed by atoms with E-state index in [0.717, 1.165) is 24.0 Å². The third kappa shape index (κ3) is 3.43. The lowest BCUT2D eigenvalue weighted by Gasteiger charge is -2.31. The maximum Gasteiger partial charge on any atom is 0.387 e. The van der Waals surface area contributed by atoms with Gasteiger partial charge in [-0.3, -0.25) is 9.59 Å². The second-order valence-electron chi connectivity index (χ2n) is 6.96. The molecule has 8 heteroatoms. The molecule has 1 heterocycles. The van der Waals surface area contributed by atoms with Gasteiger partial charge in [0, 0.05) is 23.9 Å². The monoisotopic (exact) mass is 394 g/mol. The molecule has 1 aromatic carbocycles. The van der Waals surface area contributed by atoms with Crippen LogP contribution in [0.2, 0.25) is 5.02 Å². The number of anilines is 1. The summed E-state index contributed by atoms with van der Waals surface area (Å²) >= 11 is 5.95. The molecule has 2 aliphatic rings. The van der Waals surface area contributed by atoms with E-state index in [4.69, 9.17) is 11.6 Å². The second-order valence-corrected chi connectivity index (χ2v) is 7.37. The number of benzene rings is 1. The van der Waals surface area contributed by atoms with Gasteiger partial charge in [-0.25, -0.2) is 0 Å². The molecule has 0 aliphatic heterocycles. The Morgan fingerprint density at radius 3 is 2.85 bits per heavy atom. The van der Waals surface area contributed by atoms with E-state index in [1.54, 1.807) is 12.3 Å². The molecule has 2 aromatic rings. The Bertz CT molecular complexity index is 947. The highest BCUT2D eigenvalue weighted by Gasteiger charge is 2.45. The first-order valence-corrected chi connectivity index (χ1v) is 9.07. The number of carbonyl (C=O) groups excluding carboxylic acids is 1. The van der Waals surface area contributed by atoms with E-state index in [-0.39, 0.29) is 40.0 Å². The maximum atomic E-state index is 12.9. The number of alkyl halides is 2. The number of carbonyl (C=O) groups is 1. The smallest absolute Gasteiger partial charge is 0.387 e. The van der Waals surface area contributed by atoms with Gasteiger partial charge < -0.3 is 15.0 Å². The summed E-state index contributed by atoms with van der Waals surface area (Å²) in [6, 6.07) is 5.81. The zero-order chi connectivity index (χ0) is 19.1. The number of aromatic nitrogens is 1. The average molecular weight is 395 g/mol. The molecule has 142 valence electrons. The van der Waals surface area contributed by atoms with Crippen molar-refractivity contribution in [1.82, 2.24) is 4.98 Å². The van der Waals surface area contributed by atoms with Gasteiger partial charge in [-0.15, -0.1) is 0 Å². The maximum absolute atomic E-state index is 12.9. The second kappa shape index (κ2) is 6.96. The van der Waals surface area contributed by atoms with Gasteiger partial charge in [0.05, 0.1) is 5.02 Å². The number of pyridine rings is 1. The van der Waals surface area contributed by atoms with Crippen LogP contribution in [0.4, 0.5) is 14.5 Å². The highest BCUT2D eigenvalue weighted by Crippen LogP contribution is 2.50. The molecule has 1 aromatic heterocycles. The number of aromatic amines is 1. The predicted molar refractivity (Wildman–Crippen MR) is 96.4 cm³/mol. The number of amides is 1. The van der Waals surface area contributed by atoms with Crippen LogP contribution in [0.5, 0.6) is 5.75 Å². The van der Waals surface area contributed by atoms with E-state index in [1.165, 1.54) is 18.2 Å². The van der Waals surface area contributed by atoms with E-state index >= 15 is 0 Å².